The second-order valence-corrected chi connectivity index (χ2v) is 7.48. The van der Waals surface area contributed by atoms with Crippen molar-refractivity contribution in [2.75, 3.05) is 0 Å². The van der Waals surface area contributed by atoms with E-state index in [2.05, 4.69) is 40.0 Å². The Kier molecular flexibility index (Phi) is 4.14. The van der Waals surface area contributed by atoms with Crippen LogP contribution >= 0.6 is 11.3 Å². The summed E-state index contributed by atoms with van der Waals surface area (Å²) in [7, 11) is 0. The van der Waals surface area contributed by atoms with Crippen molar-refractivity contribution in [2.24, 2.45) is 4.99 Å². The second kappa shape index (κ2) is 6.94. The molecule has 0 atom stereocenters. The molecular formula is C23H16N2O2S. The van der Waals surface area contributed by atoms with Gasteiger partial charge in [0, 0.05) is 29.2 Å². The molecule has 136 valence electrons. The molecule has 0 spiro atoms. The molecule has 0 amide bonds. The lowest BCUT2D eigenvalue weighted by Gasteiger charge is -2.05. The number of aliphatic imine (C=N–C) groups is 1. The number of nitrogens with zero attached hydrogens (tertiary/aromatic N) is 2. The number of fused-ring (bicyclic) bond motifs is 1. The van der Waals surface area contributed by atoms with Crippen LogP contribution < -0.4 is 0 Å². The Balaban J connectivity index is 1.56. The van der Waals surface area contributed by atoms with Crippen molar-refractivity contribution in [1.82, 2.24) is 4.57 Å². The van der Waals surface area contributed by atoms with Crippen molar-refractivity contribution in [2.45, 2.75) is 6.54 Å². The summed E-state index contributed by atoms with van der Waals surface area (Å²) in [5.74, 6) is -0.0393. The molecule has 0 radical (unpaired) electrons. The van der Waals surface area contributed by atoms with Crippen molar-refractivity contribution in [3.63, 3.8) is 0 Å². The van der Waals surface area contributed by atoms with E-state index in [1.807, 2.05) is 53.9 Å². The number of carbonyl (C=O) groups excluding carboxylic acids is 1. The van der Waals surface area contributed by atoms with Crippen LogP contribution in [0, 0.1) is 0 Å². The highest BCUT2D eigenvalue weighted by molar-refractivity contribution is 7.12. The normalized spacial score (nSPS) is 15.2. The van der Waals surface area contributed by atoms with Gasteiger partial charge in [-0.2, -0.15) is 0 Å². The summed E-state index contributed by atoms with van der Waals surface area (Å²) in [6.07, 6.45) is 3.88. The van der Waals surface area contributed by atoms with Gasteiger partial charge in [0.15, 0.2) is 5.70 Å². The topological polar surface area (TPSA) is 43.6 Å². The number of esters is 1. The molecule has 2 aromatic carbocycles. The molecule has 0 saturated heterocycles. The van der Waals surface area contributed by atoms with E-state index in [-0.39, 0.29) is 0 Å². The van der Waals surface area contributed by atoms with Gasteiger partial charge in [-0.25, -0.2) is 9.79 Å². The van der Waals surface area contributed by atoms with Gasteiger partial charge < -0.3 is 9.30 Å². The minimum absolute atomic E-state index is 0.325. The van der Waals surface area contributed by atoms with Gasteiger partial charge in [0.05, 0.1) is 4.88 Å². The minimum atomic E-state index is -0.414. The highest BCUT2D eigenvalue weighted by Gasteiger charge is 2.25. The van der Waals surface area contributed by atoms with Gasteiger partial charge in [-0.15, -0.1) is 11.3 Å². The summed E-state index contributed by atoms with van der Waals surface area (Å²) in [6.45, 7) is 0.763. The van der Waals surface area contributed by atoms with Crippen LogP contribution in [-0.2, 0) is 16.1 Å². The Bertz CT molecular complexity index is 1220. The maximum atomic E-state index is 12.3. The van der Waals surface area contributed by atoms with E-state index in [1.54, 1.807) is 0 Å². The molecule has 5 rings (SSSR count). The van der Waals surface area contributed by atoms with E-state index in [0.717, 1.165) is 27.9 Å². The van der Waals surface area contributed by atoms with Gasteiger partial charge >= 0.3 is 5.97 Å². The Morgan fingerprint density at radius 2 is 1.82 bits per heavy atom. The van der Waals surface area contributed by atoms with E-state index >= 15 is 0 Å². The number of ether oxygens (including phenoxy) is 1. The third-order valence-electron chi connectivity index (χ3n) is 4.66. The van der Waals surface area contributed by atoms with Crippen molar-refractivity contribution in [3.05, 3.63) is 100 Å². The second-order valence-electron chi connectivity index (χ2n) is 6.53. The first-order chi connectivity index (χ1) is 13.8. The summed E-state index contributed by atoms with van der Waals surface area (Å²) < 4.78 is 7.55. The Morgan fingerprint density at radius 1 is 1.00 bits per heavy atom. The maximum absolute atomic E-state index is 12.3. The van der Waals surface area contributed by atoms with E-state index in [1.165, 1.54) is 16.9 Å². The average Bonchev–Trinajstić information content (AvgIpc) is 3.44. The fourth-order valence-electron chi connectivity index (χ4n) is 3.36. The summed E-state index contributed by atoms with van der Waals surface area (Å²) in [4.78, 5) is 17.6. The fraction of sp³-hybridized carbons (Fsp3) is 0.0435. The lowest BCUT2D eigenvalue weighted by Crippen LogP contribution is -2.03. The number of benzene rings is 2. The van der Waals surface area contributed by atoms with E-state index in [0.29, 0.717) is 11.6 Å². The maximum Gasteiger partial charge on any atom is 0.363 e. The molecule has 1 aliphatic heterocycles. The molecule has 4 nitrogen and oxygen atoms in total. The fourth-order valence-corrected chi connectivity index (χ4v) is 4.01. The summed E-state index contributed by atoms with van der Waals surface area (Å²) >= 11 is 1.50. The molecule has 4 aromatic rings. The summed E-state index contributed by atoms with van der Waals surface area (Å²) in [6, 6.07) is 22.3. The Morgan fingerprint density at radius 3 is 2.64 bits per heavy atom. The van der Waals surface area contributed by atoms with Crippen LogP contribution in [0.2, 0.25) is 0 Å². The van der Waals surface area contributed by atoms with Crippen LogP contribution in [0.25, 0.3) is 17.0 Å². The van der Waals surface area contributed by atoms with Crippen LogP contribution in [0.5, 0.6) is 0 Å². The first-order valence-electron chi connectivity index (χ1n) is 8.96. The first-order valence-corrected chi connectivity index (χ1v) is 9.84. The van der Waals surface area contributed by atoms with E-state index in [9.17, 15) is 4.79 Å². The third kappa shape index (κ3) is 3.06. The molecule has 0 bridgehead atoms. The molecule has 5 heteroatoms. The lowest BCUT2D eigenvalue weighted by molar-refractivity contribution is -0.129. The summed E-state index contributed by atoms with van der Waals surface area (Å²) in [5.41, 5.74) is 3.62. The largest absolute Gasteiger partial charge is 0.401 e. The molecule has 0 aliphatic carbocycles. The van der Waals surface area contributed by atoms with Crippen molar-refractivity contribution >= 4 is 40.2 Å². The van der Waals surface area contributed by atoms with E-state index < -0.39 is 5.97 Å². The number of hydrogen-bond acceptors (Lipinski definition) is 4. The van der Waals surface area contributed by atoms with Gasteiger partial charge in [0.2, 0.25) is 5.90 Å². The Labute approximate surface area is 166 Å². The van der Waals surface area contributed by atoms with Gasteiger partial charge in [-0.3, -0.25) is 0 Å². The highest BCUT2D eigenvalue weighted by Crippen LogP contribution is 2.27. The molecule has 2 aromatic heterocycles. The molecule has 3 heterocycles. The quantitative estimate of drug-likeness (QED) is 0.363. The zero-order valence-corrected chi connectivity index (χ0v) is 15.7. The number of hydrogen-bond donors (Lipinski definition) is 0. The first kappa shape index (κ1) is 16.7. The van der Waals surface area contributed by atoms with E-state index in [4.69, 9.17) is 4.74 Å². The number of para-hydroxylation sites is 1. The van der Waals surface area contributed by atoms with Crippen molar-refractivity contribution in [3.8, 4) is 0 Å². The molecule has 0 fully saturated rings. The van der Waals surface area contributed by atoms with Crippen LogP contribution in [0.1, 0.15) is 16.0 Å². The van der Waals surface area contributed by atoms with Gasteiger partial charge in [-0.05, 0) is 29.2 Å². The molecule has 0 N–H and O–H groups in total. The Hall–Kier alpha value is -3.44. The van der Waals surface area contributed by atoms with Crippen LogP contribution in [-0.4, -0.2) is 16.4 Å². The lowest BCUT2D eigenvalue weighted by atomic mass is 10.1. The van der Waals surface area contributed by atoms with Crippen LogP contribution in [0.4, 0.5) is 0 Å². The van der Waals surface area contributed by atoms with Gasteiger partial charge in [-0.1, -0.05) is 54.6 Å². The van der Waals surface area contributed by atoms with Crippen LogP contribution in [0.3, 0.4) is 0 Å². The van der Waals surface area contributed by atoms with Crippen molar-refractivity contribution < 1.29 is 9.53 Å². The predicted octanol–water partition coefficient (Wildman–Crippen LogP) is 5.10. The van der Waals surface area contributed by atoms with Crippen LogP contribution in [0.15, 0.2) is 89.0 Å². The highest BCUT2D eigenvalue weighted by atomic mass is 32.1. The number of aromatic nitrogens is 1. The molecule has 1 aliphatic rings. The number of rotatable bonds is 4. The standard InChI is InChI=1S/C23H16N2O2S/c26-23-19(24-22(27-23)21-11-6-12-28-21)13-17-15-25(14-16-7-2-1-3-8-16)20-10-5-4-9-18(17)20/h1-13,15H,14H2/b19-13+. The van der Waals surface area contributed by atoms with Gasteiger partial charge in [0.1, 0.15) is 0 Å². The number of cyclic esters (lactones) is 1. The number of thiophene rings is 1. The zero-order chi connectivity index (χ0) is 18.9. The molecule has 0 saturated carbocycles. The number of carbonyl (C=O) groups is 1. The van der Waals surface area contributed by atoms with Crippen molar-refractivity contribution in [1.29, 1.82) is 0 Å². The smallest absolute Gasteiger partial charge is 0.363 e. The predicted molar refractivity (Wildman–Crippen MR) is 112 cm³/mol. The zero-order valence-electron chi connectivity index (χ0n) is 14.9. The average molecular weight is 384 g/mol. The summed E-state index contributed by atoms with van der Waals surface area (Å²) in [5, 5.41) is 3.02. The monoisotopic (exact) mass is 384 g/mol. The molecule has 0 unspecified atom stereocenters. The SMILES string of the molecule is O=C1OC(c2cccs2)=N/C1=C/c1cn(Cc2ccccc2)c2ccccc12. The molecular weight excluding hydrogens is 368 g/mol. The molecule has 28 heavy (non-hydrogen) atoms. The third-order valence-corrected chi connectivity index (χ3v) is 5.52. The minimum Gasteiger partial charge on any atom is -0.401 e. The van der Waals surface area contributed by atoms with Gasteiger partial charge in [0.25, 0.3) is 0 Å².